The number of pyridine rings is 1. The molecule has 17 heavy (non-hydrogen) atoms. The smallest absolute Gasteiger partial charge is 0.264 e. The number of hydrogen-bond acceptors (Lipinski definition) is 3. The molecule has 1 aliphatic heterocycles. The summed E-state index contributed by atoms with van der Waals surface area (Å²) >= 11 is 2.09. The Bertz CT molecular complexity index is 439. The van der Waals surface area contributed by atoms with Crippen LogP contribution in [0.15, 0.2) is 16.9 Å². The van der Waals surface area contributed by atoms with E-state index in [1.165, 1.54) is 0 Å². The van der Waals surface area contributed by atoms with Crippen molar-refractivity contribution in [3.8, 4) is 0 Å². The molecule has 0 saturated carbocycles. The van der Waals surface area contributed by atoms with Crippen LogP contribution in [0.2, 0.25) is 0 Å². The molecule has 1 saturated heterocycles. The van der Waals surface area contributed by atoms with Crippen LogP contribution in [0.5, 0.6) is 0 Å². The van der Waals surface area contributed by atoms with Gasteiger partial charge in [0.15, 0.2) is 0 Å². The molecule has 1 fully saturated rings. The molecule has 0 bridgehead atoms. The normalized spacial score (nSPS) is 17.3. The van der Waals surface area contributed by atoms with Gasteiger partial charge in [-0.15, -0.1) is 0 Å². The van der Waals surface area contributed by atoms with Crippen molar-refractivity contribution >= 4 is 22.6 Å². The first-order valence-electron chi connectivity index (χ1n) is 5.84. The van der Waals surface area contributed by atoms with E-state index in [1.807, 2.05) is 23.6 Å². The Hall–Kier alpha value is -0.400. The first-order chi connectivity index (χ1) is 8.18. The third-order valence-corrected chi connectivity index (χ3v) is 3.91. The van der Waals surface area contributed by atoms with Crippen LogP contribution in [0.25, 0.3) is 0 Å². The first kappa shape index (κ1) is 13.0. The molecular weight excluding hydrogens is 331 g/mol. The van der Waals surface area contributed by atoms with Crippen LogP contribution < -0.4 is 5.56 Å². The van der Waals surface area contributed by atoms with Crippen LogP contribution in [-0.2, 0) is 11.3 Å². The average Bonchev–Trinajstić information content (AvgIpc) is 2.35. The van der Waals surface area contributed by atoms with E-state index in [4.69, 9.17) is 4.74 Å². The largest absolute Gasteiger partial charge is 0.379 e. The van der Waals surface area contributed by atoms with Gasteiger partial charge in [-0.1, -0.05) is 0 Å². The molecule has 1 aliphatic rings. The predicted molar refractivity (Wildman–Crippen MR) is 75.4 cm³/mol. The lowest BCUT2D eigenvalue weighted by molar-refractivity contribution is 0.0362. The maximum atomic E-state index is 12.0. The minimum Gasteiger partial charge on any atom is -0.379 e. The summed E-state index contributed by atoms with van der Waals surface area (Å²) in [7, 11) is 0. The second-order valence-corrected chi connectivity index (χ2v) is 5.40. The van der Waals surface area contributed by atoms with E-state index in [9.17, 15) is 4.79 Å². The molecule has 0 radical (unpaired) electrons. The van der Waals surface area contributed by atoms with Gasteiger partial charge in [-0.25, -0.2) is 0 Å². The lowest BCUT2D eigenvalue weighted by Crippen LogP contribution is -2.39. The van der Waals surface area contributed by atoms with Crippen molar-refractivity contribution < 1.29 is 4.74 Å². The highest BCUT2D eigenvalue weighted by Crippen LogP contribution is 2.03. The maximum Gasteiger partial charge on any atom is 0.264 e. The Kier molecular flexibility index (Phi) is 4.58. The van der Waals surface area contributed by atoms with Gasteiger partial charge in [0.2, 0.25) is 0 Å². The molecule has 0 N–H and O–H groups in total. The molecule has 1 aromatic heterocycles. The summed E-state index contributed by atoms with van der Waals surface area (Å²) in [5, 5.41) is 0. The van der Waals surface area contributed by atoms with E-state index >= 15 is 0 Å². The van der Waals surface area contributed by atoms with Crippen LogP contribution in [0, 0.1) is 10.5 Å². The molecular formula is C12H17IN2O2. The first-order valence-corrected chi connectivity index (χ1v) is 6.92. The molecule has 0 spiro atoms. The fourth-order valence-corrected chi connectivity index (χ4v) is 2.46. The Morgan fingerprint density at radius 2 is 2.00 bits per heavy atom. The lowest BCUT2D eigenvalue weighted by Gasteiger charge is -2.27. The van der Waals surface area contributed by atoms with E-state index in [-0.39, 0.29) is 5.56 Å². The van der Waals surface area contributed by atoms with Crippen molar-refractivity contribution in [3.63, 3.8) is 0 Å². The molecule has 1 aromatic rings. The number of rotatable bonds is 3. The number of aryl methyl sites for hydroxylation is 1. The third kappa shape index (κ3) is 3.29. The molecule has 2 heterocycles. The van der Waals surface area contributed by atoms with E-state index in [0.717, 1.165) is 48.7 Å². The highest BCUT2D eigenvalue weighted by Gasteiger charge is 2.11. The number of ether oxygens (including phenoxy) is 1. The van der Waals surface area contributed by atoms with Crippen LogP contribution >= 0.6 is 22.6 Å². The molecule has 0 aliphatic carbocycles. The number of halogens is 1. The van der Waals surface area contributed by atoms with Crippen molar-refractivity contribution in [2.45, 2.75) is 13.5 Å². The van der Waals surface area contributed by atoms with Gasteiger partial charge in [-0.05, 0) is 41.6 Å². The number of morpholine rings is 1. The molecule has 2 rings (SSSR count). The van der Waals surface area contributed by atoms with Gasteiger partial charge < -0.3 is 9.30 Å². The van der Waals surface area contributed by atoms with Crippen molar-refractivity contribution in [3.05, 3.63) is 31.8 Å². The summed E-state index contributed by atoms with van der Waals surface area (Å²) in [6.45, 7) is 7.22. The fraction of sp³-hybridized carbons (Fsp3) is 0.583. The topological polar surface area (TPSA) is 34.5 Å². The molecule has 5 heteroatoms. The van der Waals surface area contributed by atoms with Gasteiger partial charge in [-0.3, -0.25) is 9.69 Å². The van der Waals surface area contributed by atoms with Gasteiger partial charge >= 0.3 is 0 Å². The summed E-state index contributed by atoms with van der Waals surface area (Å²) in [6, 6.07) is 3.88. The second-order valence-electron chi connectivity index (χ2n) is 4.23. The van der Waals surface area contributed by atoms with E-state index in [0.29, 0.717) is 0 Å². The third-order valence-electron chi connectivity index (χ3n) is 3.09. The highest BCUT2D eigenvalue weighted by atomic mass is 127. The molecule has 4 nitrogen and oxygen atoms in total. The van der Waals surface area contributed by atoms with Gasteiger partial charge in [-0.2, -0.15) is 0 Å². The summed E-state index contributed by atoms with van der Waals surface area (Å²) in [6.07, 6.45) is 0. The summed E-state index contributed by atoms with van der Waals surface area (Å²) in [5.74, 6) is 0. The molecule has 0 unspecified atom stereocenters. The Morgan fingerprint density at radius 3 is 2.71 bits per heavy atom. The number of nitrogens with zero attached hydrogens (tertiary/aromatic N) is 2. The van der Waals surface area contributed by atoms with Crippen LogP contribution in [0.3, 0.4) is 0 Å². The number of hydrogen-bond donors (Lipinski definition) is 0. The van der Waals surface area contributed by atoms with Crippen molar-refractivity contribution in [1.29, 1.82) is 0 Å². The fourth-order valence-electron chi connectivity index (χ4n) is 1.99. The minimum absolute atomic E-state index is 0.124. The predicted octanol–water partition coefficient (Wildman–Crippen LogP) is 1.09. The number of aromatic nitrogens is 1. The average molecular weight is 348 g/mol. The molecule has 0 aromatic carbocycles. The second kappa shape index (κ2) is 5.97. The van der Waals surface area contributed by atoms with Gasteiger partial charge in [0.1, 0.15) is 0 Å². The maximum absolute atomic E-state index is 12.0. The minimum atomic E-state index is 0.124. The summed E-state index contributed by atoms with van der Waals surface area (Å²) in [4.78, 5) is 14.3. The van der Waals surface area contributed by atoms with Crippen LogP contribution in [0.1, 0.15) is 5.69 Å². The van der Waals surface area contributed by atoms with Crippen molar-refractivity contribution in [2.24, 2.45) is 0 Å². The van der Waals surface area contributed by atoms with Gasteiger partial charge in [0, 0.05) is 31.9 Å². The van der Waals surface area contributed by atoms with E-state index < -0.39 is 0 Å². The quantitative estimate of drug-likeness (QED) is 0.768. The Balaban J connectivity index is 2.03. The highest BCUT2D eigenvalue weighted by molar-refractivity contribution is 14.1. The van der Waals surface area contributed by atoms with Gasteiger partial charge in [0.05, 0.1) is 16.8 Å². The zero-order chi connectivity index (χ0) is 12.3. The SMILES string of the molecule is Cc1ccc(I)c(=O)n1CCN1CCOCC1. The summed E-state index contributed by atoms with van der Waals surface area (Å²) < 4.78 is 7.95. The van der Waals surface area contributed by atoms with E-state index in [2.05, 4.69) is 27.5 Å². The Labute approximate surface area is 115 Å². The monoisotopic (exact) mass is 348 g/mol. The zero-order valence-corrected chi connectivity index (χ0v) is 12.1. The molecule has 0 amide bonds. The molecule has 94 valence electrons. The van der Waals surface area contributed by atoms with Crippen LogP contribution in [-0.4, -0.2) is 42.3 Å². The Morgan fingerprint density at radius 1 is 1.29 bits per heavy atom. The van der Waals surface area contributed by atoms with Crippen molar-refractivity contribution in [2.75, 3.05) is 32.8 Å². The van der Waals surface area contributed by atoms with Gasteiger partial charge in [0.25, 0.3) is 5.56 Å². The standard InChI is InChI=1S/C12H17IN2O2/c1-10-2-3-11(13)12(16)15(10)5-4-14-6-8-17-9-7-14/h2-3H,4-9H2,1H3. The van der Waals surface area contributed by atoms with E-state index in [1.54, 1.807) is 0 Å². The molecule has 0 atom stereocenters. The van der Waals surface area contributed by atoms with Crippen LogP contribution in [0.4, 0.5) is 0 Å². The summed E-state index contributed by atoms with van der Waals surface area (Å²) in [5.41, 5.74) is 1.16. The lowest BCUT2D eigenvalue weighted by atomic mass is 10.3. The van der Waals surface area contributed by atoms with Crippen molar-refractivity contribution in [1.82, 2.24) is 9.47 Å². The zero-order valence-electron chi connectivity index (χ0n) is 9.99.